The summed E-state index contributed by atoms with van der Waals surface area (Å²) in [5.74, 6) is 0.508. The topological polar surface area (TPSA) is 172 Å². The van der Waals surface area contributed by atoms with Crippen LogP contribution in [0.4, 0.5) is 5.82 Å². The normalized spacial score (nSPS) is 27.4. The molecule has 2 aromatic heterocycles. The summed E-state index contributed by atoms with van der Waals surface area (Å²) in [6.45, 7) is 6.62. The van der Waals surface area contributed by atoms with Crippen LogP contribution in [0.15, 0.2) is 12.7 Å². The Morgan fingerprint density at radius 3 is 2.42 bits per heavy atom. The summed E-state index contributed by atoms with van der Waals surface area (Å²) in [4.78, 5) is 23.2. The zero-order valence-electron chi connectivity index (χ0n) is 19.5. The molecule has 0 radical (unpaired) electrons. The highest BCUT2D eigenvalue weighted by Gasteiger charge is 2.51. The Morgan fingerprint density at radius 1 is 1.18 bits per heavy atom. The highest BCUT2D eigenvalue weighted by molar-refractivity contribution is 7.54. The van der Waals surface area contributed by atoms with Gasteiger partial charge in [-0.2, -0.15) is 0 Å². The van der Waals surface area contributed by atoms with Gasteiger partial charge in [0.15, 0.2) is 23.0 Å². The Kier molecular flexibility index (Phi) is 7.50. The minimum Gasteiger partial charge on any atom is -0.388 e. The number of ether oxygens (including phenoxy) is 1. The smallest absolute Gasteiger partial charge is 0.359 e. The molecule has 0 saturated carbocycles. The van der Waals surface area contributed by atoms with Gasteiger partial charge in [-0.3, -0.25) is 9.13 Å². The van der Waals surface area contributed by atoms with E-state index in [-0.39, 0.29) is 19.3 Å². The van der Waals surface area contributed by atoms with Crippen LogP contribution in [-0.2, 0) is 13.8 Å². The lowest BCUT2D eigenvalue weighted by Gasteiger charge is -2.38. The highest BCUT2D eigenvalue weighted by atomic mass is 31.2. The van der Waals surface area contributed by atoms with Crippen molar-refractivity contribution in [2.75, 3.05) is 12.4 Å². The first-order valence-corrected chi connectivity index (χ1v) is 12.7. The SMILES string of the molecule is CCC(C)(C[C@H]1OC(n2cnc3c(NC)ncnc32)[C@H](O)[C@@H]1O)OP(=O)(O)C(O)(CC)CC. The molecule has 0 aliphatic carbocycles. The Balaban J connectivity index is 1.84. The molecular formula is C20H34N5O7P. The summed E-state index contributed by atoms with van der Waals surface area (Å²) in [5, 5.41) is 33.1. The number of hydrogen-bond acceptors (Lipinski definition) is 10. The van der Waals surface area contributed by atoms with E-state index in [1.807, 2.05) is 0 Å². The molecule has 0 amide bonds. The number of imidazole rings is 1. The van der Waals surface area contributed by atoms with Gasteiger partial charge in [-0.05, 0) is 26.2 Å². The van der Waals surface area contributed by atoms with Crippen LogP contribution in [0.25, 0.3) is 11.2 Å². The first kappa shape index (κ1) is 26.0. The van der Waals surface area contributed by atoms with Crippen molar-refractivity contribution in [2.24, 2.45) is 0 Å². The predicted molar refractivity (Wildman–Crippen MR) is 121 cm³/mol. The second kappa shape index (κ2) is 9.53. The predicted octanol–water partition coefficient (Wildman–Crippen LogP) is 1.76. The lowest BCUT2D eigenvalue weighted by Crippen LogP contribution is -2.40. The fraction of sp³-hybridized carbons (Fsp3) is 0.750. The first-order valence-electron chi connectivity index (χ1n) is 11.1. The van der Waals surface area contributed by atoms with E-state index in [9.17, 15) is 24.8 Å². The molecule has 0 bridgehead atoms. The number of anilines is 1. The maximum atomic E-state index is 12.9. The van der Waals surface area contributed by atoms with Crippen molar-refractivity contribution in [3.63, 3.8) is 0 Å². The standard InChI is InChI=1S/C20H34N5O7P/c1-6-19(4,32-33(29,30)20(28,7-2)8-3)9-12-14(26)15(27)18(31-12)25-11-24-13-16(21-5)22-10-23-17(13)25/h10-12,14-15,18,26-28H,6-9H2,1-5H3,(H,29,30)(H,21,22,23)/t12-,14-,15-,18?,19?/m1/s1. The molecule has 1 aliphatic rings. The van der Waals surface area contributed by atoms with Gasteiger partial charge in [0.2, 0.25) is 0 Å². The van der Waals surface area contributed by atoms with E-state index in [0.29, 0.717) is 23.4 Å². The molecule has 3 rings (SSSR count). The van der Waals surface area contributed by atoms with Crippen molar-refractivity contribution < 1.29 is 34.0 Å². The zero-order valence-corrected chi connectivity index (χ0v) is 20.4. The number of aromatic nitrogens is 4. The van der Waals surface area contributed by atoms with E-state index in [2.05, 4.69) is 20.3 Å². The van der Waals surface area contributed by atoms with Gasteiger partial charge in [0.25, 0.3) is 0 Å². The van der Waals surface area contributed by atoms with Crippen molar-refractivity contribution >= 4 is 24.6 Å². The van der Waals surface area contributed by atoms with Crippen LogP contribution in [0.1, 0.15) is 59.6 Å². The van der Waals surface area contributed by atoms with Gasteiger partial charge < -0.3 is 34.8 Å². The number of nitrogens with zero attached hydrogens (tertiary/aromatic N) is 4. The molecule has 5 N–H and O–H groups in total. The quantitative estimate of drug-likeness (QED) is 0.309. The fourth-order valence-electron chi connectivity index (χ4n) is 4.05. The van der Waals surface area contributed by atoms with E-state index in [1.165, 1.54) is 17.2 Å². The lowest BCUT2D eigenvalue weighted by molar-refractivity contribution is -0.0696. The van der Waals surface area contributed by atoms with Crippen LogP contribution >= 0.6 is 7.60 Å². The van der Waals surface area contributed by atoms with E-state index in [0.717, 1.165) is 0 Å². The third kappa shape index (κ3) is 4.66. The largest absolute Gasteiger partial charge is 0.388 e. The van der Waals surface area contributed by atoms with Crippen molar-refractivity contribution in [1.82, 2.24) is 19.5 Å². The fourth-order valence-corrected chi connectivity index (χ4v) is 5.82. The summed E-state index contributed by atoms with van der Waals surface area (Å²) in [6.07, 6.45) is -1.28. The number of aliphatic hydroxyl groups excluding tert-OH is 2. The summed E-state index contributed by atoms with van der Waals surface area (Å²) in [6, 6.07) is 0. The monoisotopic (exact) mass is 487 g/mol. The molecule has 3 heterocycles. The molecule has 0 spiro atoms. The van der Waals surface area contributed by atoms with Crippen molar-refractivity contribution in [3.05, 3.63) is 12.7 Å². The van der Waals surface area contributed by atoms with E-state index < -0.39 is 43.1 Å². The summed E-state index contributed by atoms with van der Waals surface area (Å²) in [5.41, 5.74) is -0.312. The first-order chi connectivity index (χ1) is 15.5. The number of fused-ring (bicyclic) bond motifs is 1. The van der Waals surface area contributed by atoms with Crippen LogP contribution < -0.4 is 5.32 Å². The Labute approximate surface area is 192 Å². The third-order valence-corrected chi connectivity index (χ3v) is 8.96. The number of nitrogens with one attached hydrogen (secondary N) is 1. The molecule has 1 saturated heterocycles. The maximum Gasteiger partial charge on any atom is 0.359 e. The second-order valence-corrected chi connectivity index (χ2v) is 10.7. The summed E-state index contributed by atoms with van der Waals surface area (Å²) in [7, 11) is -2.73. The lowest BCUT2D eigenvalue weighted by atomic mass is 9.93. The van der Waals surface area contributed by atoms with E-state index in [1.54, 1.807) is 34.7 Å². The molecular weight excluding hydrogens is 453 g/mol. The van der Waals surface area contributed by atoms with Gasteiger partial charge in [-0.25, -0.2) is 15.0 Å². The Bertz CT molecular complexity index is 1020. The number of rotatable bonds is 10. The van der Waals surface area contributed by atoms with Gasteiger partial charge in [-0.15, -0.1) is 0 Å². The van der Waals surface area contributed by atoms with Crippen molar-refractivity contribution in [1.29, 1.82) is 0 Å². The molecule has 3 unspecified atom stereocenters. The van der Waals surface area contributed by atoms with Gasteiger partial charge in [-0.1, -0.05) is 20.8 Å². The maximum absolute atomic E-state index is 12.9. The zero-order chi connectivity index (χ0) is 24.6. The molecule has 0 aromatic carbocycles. The van der Waals surface area contributed by atoms with Crippen LogP contribution in [-0.4, -0.2) is 76.0 Å². The third-order valence-electron chi connectivity index (χ3n) is 6.59. The Hall–Kier alpha value is -1.66. The van der Waals surface area contributed by atoms with Gasteiger partial charge >= 0.3 is 7.60 Å². The molecule has 1 aliphatic heterocycles. The molecule has 33 heavy (non-hydrogen) atoms. The molecule has 12 nitrogen and oxygen atoms in total. The molecule has 1 fully saturated rings. The average molecular weight is 487 g/mol. The highest BCUT2D eigenvalue weighted by Crippen LogP contribution is 2.60. The van der Waals surface area contributed by atoms with Crippen LogP contribution in [0.2, 0.25) is 0 Å². The van der Waals surface area contributed by atoms with Gasteiger partial charge in [0.1, 0.15) is 24.1 Å². The van der Waals surface area contributed by atoms with Crippen molar-refractivity contribution in [2.45, 2.75) is 88.9 Å². The molecule has 186 valence electrons. The summed E-state index contributed by atoms with van der Waals surface area (Å²) < 4.78 is 26.1. The molecule has 6 atom stereocenters. The second-order valence-electron chi connectivity index (χ2n) is 8.65. The van der Waals surface area contributed by atoms with Gasteiger partial charge in [0.05, 0.1) is 18.0 Å². The van der Waals surface area contributed by atoms with Gasteiger partial charge in [0, 0.05) is 13.5 Å². The molecule has 13 heteroatoms. The Morgan fingerprint density at radius 2 is 1.85 bits per heavy atom. The van der Waals surface area contributed by atoms with E-state index in [4.69, 9.17) is 9.26 Å². The molecule has 2 aromatic rings. The van der Waals surface area contributed by atoms with Crippen LogP contribution in [0.5, 0.6) is 0 Å². The number of hydrogen-bond donors (Lipinski definition) is 5. The average Bonchev–Trinajstić information content (AvgIpc) is 3.34. The summed E-state index contributed by atoms with van der Waals surface area (Å²) >= 11 is 0. The van der Waals surface area contributed by atoms with Crippen LogP contribution in [0, 0.1) is 0 Å². The minimum absolute atomic E-state index is 0.00959. The minimum atomic E-state index is -4.43. The number of aliphatic hydroxyl groups is 3. The van der Waals surface area contributed by atoms with Crippen molar-refractivity contribution in [3.8, 4) is 0 Å². The van der Waals surface area contributed by atoms with E-state index >= 15 is 0 Å². The van der Waals surface area contributed by atoms with Crippen LogP contribution in [0.3, 0.4) is 0 Å².